The SMILES string of the molecule is C/C=C\c1cc(OCCC(C)C)cnc1C.CCC=CC1CC(C)C1. The highest BCUT2D eigenvalue weighted by Gasteiger charge is 2.21. The van der Waals surface area contributed by atoms with Gasteiger partial charge in [-0.25, -0.2) is 0 Å². The molecule has 25 heavy (non-hydrogen) atoms. The predicted molar refractivity (Wildman–Crippen MR) is 110 cm³/mol. The number of allylic oxidation sites excluding steroid dienone is 3. The number of aromatic nitrogens is 1. The fourth-order valence-electron chi connectivity index (χ4n) is 2.82. The molecule has 0 saturated heterocycles. The minimum Gasteiger partial charge on any atom is -0.492 e. The van der Waals surface area contributed by atoms with E-state index in [1.165, 1.54) is 19.3 Å². The van der Waals surface area contributed by atoms with Crippen LogP contribution in [-0.2, 0) is 0 Å². The summed E-state index contributed by atoms with van der Waals surface area (Å²) in [5.41, 5.74) is 2.17. The monoisotopic (exact) mass is 343 g/mol. The van der Waals surface area contributed by atoms with Crippen LogP contribution < -0.4 is 4.74 Å². The van der Waals surface area contributed by atoms with Crippen molar-refractivity contribution in [3.05, 3.63) is 41.7 Å². The zero-order valence-corrected chi connectivity index (χ0v) is 17.1. The molecule has 0 bridgehead atoms. The fraction of sp³-hybridized carbons (Fsp3) is 0.609. The Labute approximate surface area is 155 Å². The number of ether oxygens (including phenoxy) is 1. The molecule has 0 aromatic carbocycles. The topological polar surface area (TPSA) is 22.1 Å². The van der Waals surface area contributed by atoms with Crippen LogP contribution in [0.4, 0.5) is 0 Å². The highest BCUT2D eigenvalue weighted by Crippen LogP contribution is 2.33. The summed E-state index contributed by atoms with van der Waals surface area (Å²) in [6.07, 6.45) is 15.7. The van der Waals surface area contributed by atoms with Crippen LogP contribution in [0.1, 0.15) is 71.6 Å². The van der Waals surface area contributed by atoms with E-state index in [0.29, 0.717) is 5.92 Å². The van der Waals surface area contributed by atoms with Crippen LogP contribution in [0.15, 0.2) is 30.5 Å². The molecule has 0 spiro atoms. The van der Waals surface area contributed by atoms with Crippen LogP contribution in [0.3, 0.4) is 0 Å². The van der Waals surface area contributed by atoms with E-state index in [0.717, 1.165) is 41.9 Å². The van der Waals surface area contributed by atoms with Gasteiger partial charge >= 0.3 is 0 Å². The molecule has 1 saturated carbocycles. The highest BCUT2D eigenvalue weighted by atomic mass is 16.5. The molecule has 2 heteroatoms. The Kier molecular flexibility index (Phi) is 10.2. The van der Waals surface area contributed by atoms with Gasteiger partial charge in [0.15, 0.2) is 0 Å². The van der Waals surface area contributed by atoms with E-state index in [1.54, 1.807) is 6.20 Å². The summed E-state index contributed by atoms with van der Waals surface area (Å²) in [5.74, 6) is 3.46. The maximum Gasteiger partial charge on any atom is 0.138 e. The molecule has 1 heterocycles. The third kappa shape index (κ3) is 8.90. The summed E-state index contributed by atoms with van der Waals surface area (Å²) in [7, 11) is 0. The Balaban J connectivity index is 0.000000293. The van der Waals surface area contributed by atoms with Crippen molar-refractivity contribution >= 4 is 6.08 Å². The van der Waals surface area contributed by atoms with Gasteiger partial charge in [-0.05, 0) is 68.9 Å². The lowest BCUT2D eigenvalue weighted by atomic mass is 9.76. The molecule has 0 amide bonds. The van der Waals surface area contributed by atoms with Gasteiger partial charge in [-0.1, -0.05) is 52.0 Å². The van der Waals surface area contributed by atoms with Crippen LogP contribution in [-0.4, -0.2) is 11.6 Å². The molecule has 0 unspecified atom stereocenters. The number of hydrogen-bond donors (Lipinski definition) is 0. The van der Waals surface area contributed by atoms with E-state index >= 15 is 0 Å². The molecular weight excluding hydrogens is 306 g/mol. The molecule has 0 N–H and O–H groups in total. The summed E-state index contributed by atoms with van der Waals surface area (Å²) in [6, 6.07) is 2.04. The summed E-state index contributed by atoms with van der Waals surface area (Å²) >= 11 is 0. The first-order valence-electron chi connectivity index (χ1n) is 9.85. The zero-order valence-electron chi connectivity index (χ0n) is 17.1. The second kappa shape index (κ2) is 11.9. The van der Waals surface area contributed by atoms with Crippen molar-refractivity contribution in [2.24, 2.45) is 17.8 Å². The van der Waals surface area contributed by atoms with Gasteiger partial charge in [-0.2, -0.15) is 0 Å². The van der Waals surface area contributed by atoms with Crippen molar-refractivity contribution in [1.29, 1.82) is 0 Å². The van der Waals surface area contributed by atoms with Crippen LogP contribution in [0.25, 0.3) is 6.08 Å². The minimum absolute atomic E-state index is 0.674. The average molecular weight is 344 g/mol. The minimum atomic E-state index is 0.674. The Morgan fingerprint density at radius 2 is 2.04 bits per heavy atom. The van der Waals surface area contributed by atoms with Gasteiger partial charge in [-0.3, -0.25) is 4.98 Å². The summed E-state index contributed by atoms with van der Waals surface area (Å²) < 4.78 is 5.66. The molecular formula is C23H37NO. The molecule has 2 rings (SSSR count). The largest absolute Gasteiger partial charge is 0.492 e. The van der Waals surface area contributed by atoms with Crippen molar-refractivity contribution < 1.29 is 4.74 Å². The van der Waals surface area contributed by atoms with Crippen molar-refractivity contribution in [1.82, 2.24) is 4.98 Å². The van der Waals surface area contributed by atoms with E-state index in [9.17, 15) is 0 Å². The molecule has 1 fully saturated rings. The molecule has 2 nitrogen and oxygen atoms in total. The van der Waals surface area contributed by atoms with Gasteiger partial charge < -0.3 is 4.74 Å². The first-order chi connectivity index (χ1) is 12.0. The molecule has 1 aromatic heterocycles. The number of hydrogen-bond acceptors (Lipinski definition) is 2. The smallest absolute Gasteiger partial charge is 0.138 e. The number of rotatable bonds is 7. The van der Waals surface area contributed by atoms with E-state index in [-0.39, 0.29) is 0 Å². The Morgan fingerprint density at radius 1 is 1.32 bits per heavy atom. The van der Waals surface area contributed by atoms with E-state index < -0.39 is 0 Å². The van der Waals surface area contributed by atoms with E-state index in [4.69, 9.17) is 4.74 Å². The molecule has 1 aromatic rings. The van der Waals surface area contributed by atoms with Crippen LogP contribution in [0.2, 0.25) is 0 Å². The summed E-state index contributed by atoms with van der Waals surface area (Å²) in [6.45, 7) is 13.7. The maximum absolute atomic E-state index is 5.66. The van der Waals surface area contributed by atoms with Crippen molar-refractivity contribution in [2.75, 3.05) is 6.61 Å². The van der Waals surface area contributed by atoms with Crippen LogP contribution in [0, 0.1) is 24.7 Å². The first-order valence-corrected chi connectivity index (χ1v) is 9.85. The van der Waals surface area contributed by atoms with Gasteiger partial charge in [0, 0.05) is 5.69 Å². The Hall–Kier alpha value is -1.57. The number of aryl methyl sites for hydroxylation is 1. The lowest BCUT2D eigenvalue weighted by Gasteiger charge is -2.29. The van der Waals surface area contributed by atoms with Crippen LogP contribution in [0.5, 0.6) is 5.75 Å². The molecule has 0 aliphatic heterocycles. The predicted octanol–water partition coefficient (Wildman–Crippen LogP) is 6.85. The van der Waals surface area contributed by atoms with Crippen molar-refractivity contribution in [3.63, 3.8) is 0 Å². The van der Waals surface area contributed by atoms with Gasteiger partial charge in [0.25, 0.3) is 0 Å². The zero-order chi connectivity index (χ0) is 18.7. The Morgan fingerprint density at radius 3 is 2.60 bits per heavy atom. The summed E-state index contributed by atoms with van der Waals surface area (Å²) in [4.78, 5) is 4.32. The average Bonchev–Trinajstić information content (AvgIpc) is 2.54. The lowest BCUT2D eigenvalue weighted by Crippen LogP contribution is -2.18. The quantitative estimate of drug-likeness (QED) is 0.505. The second-order valence-electron chi connectivity index (χ2n) is 7.55. The van der Waals surface area contributed by atoms with Gasteiger partial charge in [0.1, 0.15) is 5.75 Å². The molecule has 1 aliphatic carbocycles. The van der Waals surface area contributed by atoms with Gasteiger partial charge in [-0.15, -0.1) is 0 Å². The Bertz CT molecular complexity index is 539. The van der Waals surface area contributed by atoms with Gasteiger partial charge in [0.05, 0.1) is 12.8 Å². The molecule has 0 atom stereocenters. The molecule has 1 aliphatic rings. The normalized spacial score (nSPS) is 19.8. The number of pyridine rings is 1. The third-order valence-electron chi connectivity index (χ3n) is 4.47. The first kappa shape index (κ1) is 21.5. The summed E-state index contributed by atoms with van der Waals surface area (Å²) in [5, 5.41) is 0. The maximum atomic E-state index is 5.66. The number of nitrogens with zero attached hydrogens (tertiary/aromatic N) is 1. The van der Waals surface area contributed by atoms with Crippen molar-refractivity contribution in [2.45, 2.75) is 67.2 Å². The lowest BCUT2D eigenvalue weighted by molar-refractivity contribution is 0.262. The fourth-order valence-corrected chi connectivity index (χ4v) is 2.82. The van der Waals surface area contributed by atoms with E-state index in [2.05, 4.69) is 50.9 Å². The van der Waals surface area contributed by atoms with E-state index in [1.807, 2.05) is 26.0 Å². The molecule has 140 valence electrons. The third-order valence-corrected chi connectivity index (χ3v) is 4.47. The highest BCUT2D eigenvalue weighted by molar-refractivity contribution is 5.53. The standard InChI is InChI=1S/C14H21NO.C9H16/c1-5-6-13-9-14(10-15-12(13)4)16-8-7-11(2)3;1-3-4-5-9-6-8(2)7-9/h5-6,9-11H,7-8H2,1-4H3;4-5,8-9H,3,6-7H2,1-2H3/b6-5-;. The van der Waals surface area contributed by atoms with Crippen LogP contribution >= 0.6 is 0 Å². The van der Waals surface area contributed by atoms with Crippen molar-refractivity contribution in [3.8, 4) is 5.75 Å². The second-order valence-corrected chi connectivity index (χ2v) is 7.55. The molecule has 0 radical (unpaired) electrons. The van der Waals surface area contributed by atoms with Gasteiger partial charge in [0.2, 0.25) is 0 Å².